The van der Waals surface area contributed by atoms with E-state index in [-0.39, 0.29) is 0 Å². The van der Waals surface area contributed by atoms with E-state index in [2.05, 4.69) is 6.07 Å². The molecule has 0 aliphatic heterocycles. The summed E-state index contributed by atoms with van der Waals surface area (Å²) in [6.45, 7) is 2.53. The van der Waals surface area contributed by atoms with Gasteiger partial charge in [-0.25, -0.2) is 4.98 Å². The molecular formula is C31H28N2O2S. The molecule has 4 aromatic rings. The number of benzene rings is 3. The number of aromatic nitrogens is 1. The van der Waals surface area contributed by atoms with Crippen molar-refractivity contribution in [2.24, 2.45) is 0 Å². The molecule has 0 bridgehead atoms. The van der Waals surface area contributed by atoms with Gasteiger partial charge in [0.25, 0.3) is 0 Å². The van der Waals surface area contributed by atoms with E-state index in [4.69, 9.17) is 14.5 Å². The van der Waals surface area contributed by atoms with Crippen LogP contribution in [0, 0.1) is 11.3 Å². The van der Waals surface area contributed by atoms with Gasteiger partial charge in [0.1, 0.15) is 11.1 Å². The fourth-order valence-corrected chi connectivity index (χ4v) is 4.76. The van der Waals surface area contributed by atoms with Gasteiger partial charge in [-0.05, 0) is 42.7 Å². The van der Waals surface area contributed by atoms with Crippen molar-refractivity contribution in [3.8, 4) is 40.0 Å². The number of allylic oxidation sites excluding steroid dienone is 1. The third kappa shape index (κ3) is 6.16. The van der Waals surface area contributed by atoms with E-state index in [1.165, 1.54) is 0 Å². The van der Waals surface area contributed by atoms with Crippen molar-refractivity contribution in [1.29, 1.82) is 5.26 Å². The SMILES string of the molecule is C/C=C/c1ccc(OCCCSc2nc(-c3ccccc3)cc(-c3ccccc3)c2C#N)c(OC)c1. The Balaban J connectivity index is 1.50. The average Bonchev–Trinajstić information content (AvgIpc) is 2.94. The van der Waals surface area contributed by atoms with Crippen LogP contribution in [0.15, 0.2) is 96.0 Å². The third-order valence-electron chi connectivity index (χ3n) is 5.58. The molecule has 0 N–H and O–H groups in total. The van der Waals surface area contributed by atoms with Gasteiger partial charge in [-0.15, -0.1) is 11.8 Å². The largest absolute Gasteiger partial charge is 0.493 e. The molecule has 4 nitrogen and oxygen atoms in total. The molecule has 0 saturated heterocycles. The number of thioether (sulfide) groups is 1. The van der Waals surface area contributed by atoms with Crippen molar-refractivity contribution >= 4 is 17.8 Å². The smallest absolute Gasteiger partial charge is 0.161 e. The Morgan fingerprint density at radius 3 is 2.31 bits per heavy atom. The Labute approximate surface area is 217 Å². The highest BCUT2D eigenvalue weighted by atomic mass is 32.2. The minimum absolute atomic E-state index is 0.540. The lowest BCUT2D eigenvalue weighted by molar-refractivity contribution is 0.295. The molecule has 0 aliphatic rings. The van der Waals surface area contributed by atoms with E-state index in [1.807, 2.05) is 104 Å². The van der Waals surface area contributed by atoms with Crippen molar-refractivity contribution < 1.29 is 9.47 Å². The first-order valence-electron chi connectivity index (χ1n) is 11.9. The molecule has 36 heavy (non-hydrogen) atoms. The molecule has 0 saturated carbocycles. The standard InChI is InChI=1S/C31H28N2O2S/c1-3-11-23-16-17-29(30(20-23)34-2)35-18-10-19-36-31-27(22-32)26(24-12-6-4-7-13-24)21-28(33-31)25-14-8-5-9-15-25/h3-9,11-17,20-21H,10,18-19H2,1-2H3/b11-3+. The molecule has 0 aliphatic carbocycles. The summed E-state index contributed by atoms with van der Waals surface area (Å²) in [6, 6.07) is 30.4. The van der Waals surface area contributed by atoms with Gasteiger partial charge in [0.2, 0.25) is 0 Å². The number of methoxy groups -OCH3 is 1. The summed E-state index contributed by atoms with van der Waals surface area (Å²) in [5.41, 5.74) is 5.47. The summed E-state index contributed by atoms with van der Waals surface area (Å²) in [4.78, 5) is 4.88. The van der Waals surface area contributed by atoms with Crippen LogP contribution < -0.4 is 9.47 Å². The summed E-state index contributed by atoms with van der Waals surface area (Å²) >= 11 is 1.59. The predicted molar refractivity (Wildman–Crippen MR) is 148 cm³/mol. The molecule has 0 radical (unpaired) electrons. The summed E-state index contributed by atoms with van der Waals surface area (Å²) in [6.07, 6.45) is 4.81. The molecule has 1 aromatic heterocycles. The second kappa shape index (κ2) is 12.6. The normalized spacial score (nSPS) is 10.8. The second-order valence-electron chi connectivity index (χ2n) is 8.04. The number of ether oxygens (including phenoxy) is 2. The Hall–Kier alpha value is -4.01. The molecule has 3 aromatic carbocycles. The van der Waals surface area contributed by atoms with Gasteiger partial charge in [0, 0.05) is 16.9 Å². The fourth-order valence-electron chi connectivity index (χ4n) is 3.85. The average molecular weight is 493 g/mol. The lowest BCUT2D eigenvalue weighted by atomic mass is 9.99. The molecule has 0 fully saturated rings. The molecule has 0 unspecified atom stereocenters. The van der Waals surface area contributed by atoms with Gasteiger partial charge in [0.05, 0.1) is 25.0 Å². The Morgan fingerprint density at radius 1 is 0.917 bits per heavy atom. The maximum atomic E-state index is 10.0. The van der Waals surface area contributed by atoms with Crippen LogP contribution in [0.1, 0.15) is 24.5 Å². The number of pyridine rings is 1. The molecule has 0 atom stereocenters. The van der Waals surface area contributed by atoms with Gasteiger partial charge in [-0.1, -0.05) is 78.9 Å². The summed E-state index contributed by atoms with van der Waals surface area (Å²) in [5.74, 6) is 2.21. The van der Waals surface area contributed by atoms with Crippen molar-refractivity contribution in [2.75, 3.05) is 19.5 Å². The molecule has 0 spiro atoms. The van der Waals surface area contributed by atoms with Crippen LogP contribution in [0.5, 0.6) is 11.5 Å². The van der Waals surface area contributed by atoms with Crippen molar-refractivity contribution in [1.82, 2.24) is 4.98 Å². The lowest BCUT2D eigenvalue weighted by Crippen LogP contribution is -2.02. The first-order valence-corrected chi connectivity index (χ1v) is 12.8. The zero-order valence-electron chi connectivity index (χ0n) is 20.5. The molecule has 1 heterocycles. The molecule has 4 rings (SSSR count). The van der Waals surface area contributed by atoms with E-state index in [9.17, 15) is 5.26 Å². The number of nitriles is 1. The first kappa shape index (κ1) is 25.1. The minimum atomic E-state index is 0.540. The van der Waals surface area contributed by atoms with E-state index >= 15 is 0 Å². The summed E-state index contributed by atoms with van der Waals surface area (Å²) < 4.78 is 11.5. The van der Waals surface area contributed by atoms with Crippen LogP contribution in [0.2, 0.25) is 0 Å². The van der Waals surface area contributed by atoms with E-state index in [1.54, 1.807) is 18.9 Å². The van der Waals surface area contributed by atoms with Crippen molar-refractivity contribution in [3.05, 3.63) is 102 Å². The number of rotatable bonds is 10. The molecule has 180 valence electrons. The fraction of sp³-hybridized carbons (Fsp3) is 0.161. The monoisotopic (exact) mass is 492 g/mol. The Bertz CT molecular complexity index is 1360. The topological polar surface area (TPSA) is 55.1 Å². The van der Waals surface area contributed by atoms with Gasteiger partial charge in [-0.3, -0.25) is 0 Å². The number of hydrogen-bond acceptors (Lipinski definition) is 5. The summed E-state index contributed by atoms with van der Waals surface area (Å²) in [5, 5.41) is 10.8. The van der Waals surface area contributed by atoms with E-state index < -0.39 is 0 Å². The highest BCUT2D eigenvalue weighted by molar-refractivity contribution is 7.99. The first-order chi connectivity index (χ1) is 17.7. The van der Waals surface area contributed by atoms with Gasteiger partial charge in [-0.2, -0.15) is 5.26 Å². The van der Waals surface area contributed by atoms with Gasteiger partial charge < -0.3 is 9.47 Å². The number of hydrogen-bond donors (Lipinski definition) is 0. The zero-order chi connectivity index (χ0) is 25.2. The van der Waals surface area contributed by atoms with E-state index in [0.717, 1.165) is 56.6 Å². The van der Waals surface area contributed by atoms with Crippen LogP contribution in [0.3, 0.4) is 0 Å². The van der Waals surface area contributed by atoms with Crippen LogP contribution in [-0.2, 0) is 0 Å². The zero-order valence-corrected chi connectivity index (χ0v) is 21.3. The molecule has 0 amide bonds. The van der Waals surface area contributed by atoms with Gasteiger partial charge >= 0.3 is 0 Å². The van der Waals surface area contributed by atoms with Crippen molar-refractivity contribution in [3.63, 3.8) is 0 Å². The maximum absolute atomic E-state index is 10.0. The van der Waals surface area contributed by atoms with E-state index in [0.29, 0.717) is 12.2 Å². The maximum Gasteiger partial charge on any atom is 0.161 e. The summed E-state index contributed by atoms with van der Waals surface area (Å²) in [7, 11) is 1.65. The highest BCUT2D eigenvalue weighted by Crippen LogP contribution is 2.34. The quantitative estimate of drug-likeness (QED) is 0.166. The lowest BCUT2D eigenvalue weighted by Gasteiger charge is -2.13. The predicted octanol–water partition coefficient (Wildman–Crippen LogP) is 7.89. The van der Waals surface area contributed by atoms with Gasteiger partial charge in [0.15, 0.2) is 11.5 Å². The van der Waals surface area contributed by atoms with Crippen LogP contribution in [-0.4, -0.2) is 24.5 Å². The third-order valence-corrected chi connectivity index (χ3v) is 6.65. The molecule has 5 heteroatoms. The minimum Gasteiger partial charge on any atom is -0.493 e. The second-order valence-corrected chi connectivity index (χ2v) is 9.12. The van der Waals surface area contributed by atoms with Crippen molar-refractivity contribution in [2.45, 2.75) is 18.4 Å². The highest BCUT2D eigenvalue weighted by Gasteiger charge is 2.16. The van der Waals surface area contributed by atoms with Crippen LogP contribution in [0.4, 0.5) is 0 Å². The van der Waals surface area contributed by atoms with Crippen LogP contribution in [0.25, 0.3) is 28.5 Å². The number of nitrogens with zero attached hydrogens (tertiary/aromatic N) is 2. The Morgan fingerprint density at radius 2 is 1.64 bits per heavy atom. The van der Waals surface area contributed by atoms with Crippen LogP contribution >= 0.6 is 11.8 Å². The molecular weight excluding hydrogens is 464 g/mol. The Kier molecular flexibility index (Phi) is 8.80.